The van der Waals surface area contributed by atoms with E-state index in [1.54, 1.807) is 4.90 Å². The molecular weight excluding hydrogens is 273 g/mol. The molecule has 2 rings (SSSR count). The first-order valence-electron chi connectivity index (χ1n) is 6.39. The third kappa shape index (κ3) is 3.40. The van der Waals surface area contributed by atoms with Gasteiger partial charge in [0, 0.05) is 12.2 Å². The molecule has 0 amide bonds. The molecule has 20 heavy (non-hydrogen) atoms. The lowest BCUT2D eigenvalue weighted by atomic mass is 10.2. The number of carbonyl (C=O) groups is 1. The average molecular weight is 288 g/mol. The first-order valence-corrected chi connectivity index (χ1v) is 6.39. The Morgan fingerprint density at radius 3 is 2.45 bits per heavy atom. The lowest BCUT2D eigenvalue weighted by Crippen LogP contribution is -2.38. The number of anilines is 1. The molecule has 0 aromatic carbocycles. The Kier molecular flexibility index (Phi) is 4.15. The van der Waals surface area contributed by atoms with Gasteiger partial charge in [-0.05, 0) is 25.0 Å². The molecule has 0 unspecified atom stereocenters. The number of rotatable bonds is 4. The van der Waals surface area contributed by atoms with Crippen molar-refractivity contribution in [3.8, 4) is 0 Å². The van der Waals surface area contributed by atoms with Crippen LogP contribution in [0.3, 0.4) is 0 Å². The standard InChI is InChI=1S/C13H15F3N2O2/c14-13(15,16)9-5-6-11(17-7-9)18(8-12(19)20)10-3-1-2-4-10/h5-7,10H,1-4,8H2,(H,19,20). The topological polar surface area (TPSA) is 53.4 Å². The van der Waals surface area contributed by atoms with Crippen LogP contribution in [0.25, 0.3) is 0 Å². The Bertz CT molecular complexity index is 467. The van der Waals surface area contributed by atoms with E-state index in [0.29, 0.717) is 0 Å². The van der Waals surface area contributed by atoms with Gasteiger partial charge < -0.3 is 10.0 Å². The molecule has 0 saturated heterocycles. The SMILES string of the molecule is O=C(O)CN(c1ccc(C(F)(F)F)cn1)C1CCCC1. The van der Waals surface area contributed by atoms with E-state index in [2.05, 4.69) is 4.98 Å². The third-order valence-electron chi connectivity index (χ3n) is 3.44. The number of carboxylic acid groups (broad SMARTS) is 1. The monoisotopic (exact) mass is 288 g/mol. The summed E-state index contributed by atoms with van der Waals surface area (Å²) in [5.74, 6) is -0.731. The van der Waals surface area contributed by atoms with Crippen molar-refractivity contribution in [2.75, 3.05) is 11.4 Å². The van der Waals surface area contributed by atoms with E-state index in [0.717, 1.165) is 37.9 Å². The normalized spacial score (nSPS) is 16.4. The zero-order valence-corrected chi connectivity index (χ0v) is 10.7. The van der Waals surface area contributed by atoms with E-state index in [1.807, 2.05) is 0 Å². The summed E-state index contributed by atoms with van der Waals surface area (Å²) in [4.78, 5) is 16.3. The Morgan fingerprint density at radius 1 is 1.35 bits per heavy atom. The summed E-state index contributed by atoms with van der Waals surface area (Å²) in [6, 6.07) is 2.21. The second kappa shape index (κ2) is 5.68. The molecule has 1 aromatic rings. The fraction of sp³-hybridized carbons (Fsp3) is 0.538. The molecular formula is C13H15F3N2O2. The third-order valence-corrected chi connectivity index (χ3v) is 3.44. The maximum absolute atomic E-state index is 12.5. The summed E-state index contributed by atoms with van der Waals surface area (Å²) in [5.41, 5.74) is -0.831. The van der Waals surface area contributed by atoms with Gasteiger partial charge >= 0.3 is 12.1 Å². The van der Waals surface area contributed by atoms with Gasteiger partial charge in [0.05, 0.1) is 5.56 Å². The van der Waals surface area contributed by atoms with Crippen LogP contribution in [-0.2, 0) is 11.0 Å². The van der Waals surface area contributed by atoms with Crippen molar-refractivity contribution in [3.63, 3.8) is 0 Å². The van der Waals surface area contributed by atoms with Crippen LogP contribution in [0.4, 0.5) is 19.0 Å². The Morgan fingerprint density at radius 2 is 2.00 bits per heavy atom. The van der Waals surface area contributed by atoms with Crippen LogP contribution in [0.5, 0.6) is 0 Å². The average Bonchev–Trinajstić information content (AvgIpc) is 2.88. The predicted octanol–water partition coefficient (Wildman–Crippen LogP) is 2.93. The highest BCUT2D eigenvalue weighted by atomic mass is 19.4. The van der Waals surface area contributed by atoms with Gasteiger partial charge in [0.2, 0.25) is 0 Å². The van der Waals surface area contributed by atoms with Gasteiger partial charge in [0.15, 0.2) is 0 Å². The van der Waals surface area contributed by atoms with Crippen molar-refractivity contribution in [1.82, 2.24) is 4.98 Å². The minimum absolute atomic E-state index is 0.0373. The molecule has 0 bridgehead atoms. The fourth-order valence-electron chi connectivity index (χ4n) is 2.48. The number of aromatic nitrogens is 1. The van der Waals surface area contributed by atoms with Gasteiger partial charge in [0.25, 0.3) is 0 Å². The van der Waals surface area contributed by atoms with Gasteiger partial charge in [-0.1, -0.05) is 12.8 Å². The maximum Gasteiger partial charge on any atom is 0.417 e. The molecule has 4 nitrogen and oxygen atoms in total. The summed E-state index contributed by atoms with van der Waals surface area (Å²) < 4.78 is 37.5. The Labute approximate surface area is 114 Å². The number of halogens is 3. The second-order valence-corrected chi connectivity index (χ2v) is 4.86. The molecule has 1 heterocycles. The molecule has 1 N–H and O–H groups in total. The van der Waals surface area contributed by atoms with Crippen molar-refractivity contribution in [2.45, 2.75) is 37.9 Å². The smallest absolute Gasteiger partial charge is 0.417 e. The highest BCUT2D eigenvalue weighted by Crippen LogP contribution is 2.31. The van der Waals surface area contributed by atoms with E-state index < -0.39 is 17.7 Å². The van der Waals surface area contributed by atoms with Gasteiger partial charge in [-0.15, -0.1) is 0 Å². The summed E-state index contributed by atoms with van der Waals surface area (Å²) in [6.45, 7) is -0.247. The number of nitrogens with zero attached hydrogens (tertiary/aromatic N) is 2. The van der Waals surface area contributed by atoms with E-state index in [4.69, 9.17) is 5.11 Å². The highest BCUT2D eigenvalue weighted by Gasteiger charge is 2.31. The molecule has 1 fully saturated rings. The molecule has 1 saturated carbocycles. The fourth-order valence-corrected chi connectivity index (χ4v) is 2.48. The van der Waals surface area contributed by atoms with Crippen LogP contribution in [-0.4, -0.2) is 28.6 Å². The number of alkyl halides is 3. The first kappa shape index (κ1) is 14.6. The van der Waals surface area contributed by atoms with Crippen LogP contribution in [0.1, 0.15) is 31.2 Å². The lowest BCUT2D eigenvalue weighted by Gasteiger charge is -2.28. The number of pyridine rings is 1. The Hall–Kier alpha value is -1.79. The second-order valence-electron chi connectivity index (χ2n) is 4.86. The summed E-state index contributed by atoms with van der Waals surface area (Å²) >= 11 is 0. The molecule has 1 aromatic heterocycles. The number of carboxylic acids is 1. The maximum atomic E-state index is 12.5. The van der Waals surface area contributed by atoms with E-state index in [9.17, 15) is 18.0 Å². The number of hydrogen-bond acceptors (Lipinski definition) is 3. The zero-order chi connectivity index (χ0) is 14.8. The quantitative estimate of drug-likeness (QED) is 0.925. The van der Waals surface area contributed by atoms with Crippen LogP contribution < -0.4 is 4.90 Å². The predicted molar refractivity (Wildman–Crippen MR) is 66.5 cm³/mol. The van der Waals surface area contributed by atoms with Crippen molar-refractivity contribution >= 4 is 11.8 Å². The Balaban J connectivity index is 2.22. The summed E-state index contributed by atoms with van der Waals surface area (Å²) in [5, 5.41) is 8.94. The van der Waals surface area contributed by atoms with Gasteiger partial charge in [-0.2, -0.15) is 13.2 Å². The molecule has 0 aliphatic heterocycles. The number of aliphatic carboxylic acids is 1. The van der Waals surface area contributed by atoms with E-state index in [1.165, 1.54) is 6.07 Å². The lowest BCUT2D eigenvalue weighted by molar-refractivity contribution is -0.138. The highest BCUT2D eigenvalue weighted by molar-refractivity contribution is 5.73. The summed E-state index contributed by atoms with van der Waals surface area (Å²) in [7, 11) is 0. The van der Waals surface area contributed by atoms with E-state index in [-0.39, 0.29) is 18.4 Å². The zero-order valence-electron chi connectivity index (χ0n) is 10.7. The van der Waals surface area contributed by atoms with Crippen molar-refractivity contribution in [1.29, 1.82) is 0 Å². The largest absolute Gasteiger partial charge is 0.480 e. The van der Waals surface area contributed by atoms with Crippen molar-refractivity contribution in [3.05, 3.63) is 23.9 Å². The van der Waals surface area contributed by atoms with Gasteiger partial charge in [-0.25, -0.2) is 4.98 Å². The van der Waals surface area contributed by atoms with Gasteiger partial charge in [-0.3, -0.25) is 4.79 Å². The summed E-state index contributed by atoms with van der Waals surface area (Å²) in [6.07, 6.45) is 0.00442. The van der Waals surface area contributed by atoms with E-state index >= 15 is 0 Å². The molecule has 0 radical (unpaired) electrons. The number of hydrogen-bond donors (Lipinski definition) is 1. The van der Waals surface area contributed by atoms with Crippen molar-refractivity contribution in [2.24, 2.45) is 0 Å². The van der Waals surface area contributed by atoms with Crippen LogP contribution in [0.2, 0.25) is 0 Å². The van der Waals surface area contributed by atoms with Gasteiger partial charge in [0.1, 0.15) is 12.4 Å². The molecule has 1 aliphatic rings. The van der Waals surface area contributed by atoms with Crippen LogP contribution in [0.15, 0.2) is 18.3 Å². The minimum atomic E-state index is -4.43. The van der Waals surface area contributed by atoms with Crippen molar-refractivity contribution < 1.29 is 23.1 Å². The molecule has 0 atom stereocenters. The molecule has 0 spiro atoms. The molecule has 110 valence electrons. The molecule has 7 heteroatoms. The van der Waals surface area contributed by atoms with Crippen LogP contribution >= 0.6 is 0 Å². The first-order chi connectivity index (χ1) is 9.38. The molecule has 1 aliphatic carbocycles. The minimum Gasteiger partial charge on any atom is -0.480 e. The van der Waals surface area contributed by atoms with Crippen LogP contribution in [0, 0.1) is 0 Å².